The van der Waals surface area contributed by atoms with Crippen molar-refractivity contribution < 1.29 is 12.8 Å². The molecule has 0 unspecified atom stereocenters. The normalized spacial score (nSPS) is 11.3. The molecule has 0 atom stereocenters. The van der Waals surface area contributed by atoms with Gasteiger partial charge in [0.15, 0.2) is 0 Å². The Morgan fingerprint density at radius 1 is 1.15 bits per heavy atom. The topological polar surface area (TPSA) is 72.2 Å². The second-order valence-corrected chi connectivity index (χ2v) is 6.17. The highest BCUT2D eigenvalue weighted by atomic mass is 35.5. The van der Waals surface area contributed by atoms with E-state index < -0.39 is 15.8 Å². The summed E-state index contributed by atoms with van der Waals surface area (Å²) in [5.41, 5.74) is 6.25. The highest BCUT2D eigenvalue weighted by Gasteiger charge is 2.16. The van der Waals surface area contributed by atoms with Gasteiger partial charge in [0.1, 0.15) is 5.82 Å². The van der Waals surface area contributed by atoms with E-state index in [9.17, 15) is 12.8 Å². The number of sulfonamides is 1. The van der Waals surface area contributed by atoms with Crippen molar-refractivity contribution in [1.82, 2.24) is 0 Å². The summed E-state index contributed by atoms with van der Waals surface area (Å²) in [6.07, 6.45) is 0. The van der Waals surface area contributed by atoms with Gasteiger partial charge in [0.2, 0.25) is 0 Å². The molecule has 0 heterocycles. The van der Waals surface area contributed by atoms with E-state index in [1.165, 1.54) is 18.2 Å². The second-order valence-electron chi connectivity index (χ2n) is 4.08. The molecular weight excluding hydrogens is 303 g/mol. The standard InChI is InChI=1S/C13H12ClFN2O2S/c14-12-6-3-10(15)7-13(12)17-20(18,19)11-4-1-9(8-16)2-5-11/h1-7,17H,8,16H2. The quantitative estimate of drug-likeness (QED) is 0.911. The number of hydrogen-bond acceptors (Lipinski definition) is 3. The lowest BCUT2D eigenvalue weighted by atomic mass is 10.2. The maximum atomic E-state index is 13.1. The minimum atomic E-state index is -3.82. The van der Waals surface area contributed by atoms with Gasteiger partial charge in [0, 0.05) is 6.54 Å². The van der Waals surface area contributed by atoms with Gasteiger partial charge < -0.3 is 5.73 Å². The first-order valence-electron chi connectivity index (χ1n) is 5.69. The Morgan fingerprint density at radius 2 is 1.80 bits per heavy atom. The van der Waals surface area contributed by atoms with Crippen LogP contribution in [0.5, 0.6) is 0 Å². The fourth-order valence-corrected chi connectivity index (χ4v) is 2.88. The lowest BCUT2D eigenvalue weighted by Crippen LogP contribution is -2.13. The molecule has 3 N–H and O–H groups in total. The van der Waals surface area contributed by atoms with Crippen LogP contribution in [0.1, 0.15) is 5.56 Å². The molecule has 0 saturated carbocycles. The molecule has 0 aromatic heterocycles. The SMILES string of the molecule is NCc1ccc(S(=O)(=O)Nc2cc(F)ccc2Cl)cc1. The van der Waals surface area contributed by atoms with Gasteiger partial charge >= 0.3 is 0 Å². The Kier molecular flexibility index (Phi) is 4.27. The molecule has 0 radical (unpaired) electrons. The highest BCUT2D eigenvalue weighted by molar-refractivity contribution is 7.92. The van der Waals surface area contributed by atoms with Crippen molar-refractivity contribution in [3.63, 3.8) is 0 Å². The molecule has 0 spiro atoms. The molecule has 2 aromatic carbocycles. The molecule has 0 aliphatic rings. The molecular formula is C13H12ClFN2O2S. The van der Waals surface area contributed by atoms with Gasteiger partial charge in [0.25, 0.3) is 10.0 Å². The lowest BCUT2D eigenvalue weighted by molar-refractivity contribution is 0.601. The first-order valence-corrected chi connectivity index (χ1v) is 7.55. The summed E-state index contributed by atoms with van der Waals surface area (Å²) in [5, 5.41) is 0.119. The van der Waals surface area contributed by atoms with Gasteiger partial charge in [-0.15, -0.1) is 0 Å². The van der Waals surface area contributed by atoms with Crippen LogP contribution in [0.4, 0.5) is 10.1 Å². The van der Waals surface area contributed by atoms with E-state index in [0.29, 0.717) is 6.54 Å². The molecule has 2 aromatic rings. The zero-order valence-corrected chi connectivity index (χ0v) is 11.9. The molecule has 0 aliphatic carbocycles. The van der Waals surface area contributed by atoms with Gasteiger partial charge in [0.05, 0.1) is 15.6 Å². The zero-order valence-electron chi connectivity index (χ0n) is 10.3. The van der Waals surface area contributed by atoms with Gasteiger partial charge in [-0.2, -0.15) is 0 Å². The van der Waals surface area contributed by atoms with Crippen LogP contribution in [0.3, 0.4) is 0 Å². The van der Waals surface area contributed by atoms with Gasteiger partial charge in [-0.1, -0.05) is 23.7 Å². The van der Waals surface area contributed by atoms with E-state index in [1.54, 1.807) is 12.1 Å². The zero-order chi connectivity index (χ0) is 14.8. The lowest BCUT2D eigenvalue weighted by Gasteiger charge is -2.10. The molecule has 7 heteroatoms. The Balaban J connectivity index is 2.32. The van der Waals surface area contributed by atoms with Crippen LogP contribution >= 0.6 is 11.6 Å². The van der Waals surface area contributed by atoms with Crippen molar-refractivity contribution in [3.05, 3.63) is 58.9 Å². The third-order valence-electron chi connectivity index (χ3n) is 2.64. The van der Waals surface area contributed by atoms with E-state index in [0.717, 1.165) is 17.7 Å². The summed E-state index contributed by atoms with van der Waals surface area (Å²) < 4.78 is 39.6. The van der Waals surface area contributed by atoms with Crippen molar-refractivity contribution in [2.24, 2.45) is 5.73 Å². The number of hydrogen-bond donors (Lipinski definition) is 2. The van der Waals surface area contributed by atoms with Crippen LogP contribution < -0.4 is 10.5 Å². The maximum Gasteiger partial charge on any atom is 0.261 e. The Morgan fingerprint density at radius 3 is 2.40 bits per heavy atom. The number of halogens is 2. The monoisotopic (exact) mass is 314 g/mol. The second kappa shape index (κ2) is 5.78. The minimum absolute atomic E-state index is 0.00503. The predicted octanol–water partition coefficient (Wildman–Crippen LogP) is 2.74. The van der Waals surface area contributed by atoms with E-state index in [1.807, 2.05) is 0 Å². The molecule has 0 bridgehead atoms. The van der Waals surface area contributed by atoms with Gasteiger partial charge in [-0.3, -0.25) is 4.72 Å². The highest BCUT2D eigenvalue weighted by Crippen LogP contribution is 2.25. The Hall–Kier alpha value is -1.63. The number of benzene rings is 2. The van der Waals surface area contributed by atoms with Gasteiger partial charge in [-0.25, -0.2) is 12.8 Å². The van der Waals surface area contributed by atoms with Crippen LogP contribution in [0, 0.1) is 5.82 Å². The molecule has 106 valence electrons. The number of rotatable bonds is 4. The van der Waals surface area contributed by atoms with Crippen molar-refractivity contribution >= 4 is 27.3 Å². The van der Waals surface area contributed by atoms with Crippen molar-refractivity contribution in [1.29, 1.82) is 0 Å². The first-order chi connectivity index (χ1) is 9.42. The maximum absolute atomic E-state index is 13.1. The van der Waals surface area contributed by atoms with E-state index >= 15 is 0 Å². The fourth-order valence-electron chi connectivity index (χ4n) is 1.58. The van der Waals surface area contributed by atoms with Crippen molar-refractivity contribution in [3.8, 4) is 0 Å². The van der Waals surface area contributed by atoms with Crippen LogP contribution in [0.25, 0.3) is 0 Å². The minimum Gasteiger partial charge on any atom is -0.326 e. The Bertz CT molecular complexity index is 718. The summed E-state index contributed by atoms with van der Waals surface area (Å²) in [4.78, 5) is 0.0510. The number of anilines is 1. The summed E-state index contributed by atoms with van der Waals surface area (Å²) >= 11 is 5.83. The van der Waals surface area contributed by atoms with Crippen molar-refractivity contribution in [2.75, 3.05) is 4.72 Å². The molecule has 0 aliphatic heterocycles. The fraction of sp³-hybridized carbons (Fsp3) is 0.0769. The smallest absolute Gasteiger partial charge is 0.261 e. The predicted molar refractivity (Wildman–Crippen MR) is 76.6 cm³/mol. The summed E-state index contributed by atoms with van der Waals surface area (Å²) in [6, 6.07) is 9.54. The van der Waals surface area contributed by atoms with Gasteiger partial charge in [-0.05, 0) is 35.9 Å². The van der Waals surface area contributed by atoms with Crippen LogP contribution in [0.15, 0.2) is 47.4 Å². The average molecular weight is 315 g/mol. The summed E-state index contributed by atoms with van der Waals surface area (Å²) in [5.74, 6) is -0.578. The third-order valence-corrected chi connectivity index (χ3v) is 4.35. The van der Waals surface area contributed by atoms with Crippen molar-refractivity contribution in [2.45, 2.75) is 11.4 Å². The number of nitrogens with two attached hydrogens (primary N) is 1. The molecule has 0 fully saturated rings. The molecule has 2 rings (SSSR count). The van der Waals surface area contributed by atoms with E-state index in [-0.39, 0.29) is 15.6 Å². The average Bonchev–Trinajstić information content (AvgIpc) is 2.43. The third kappa shape index (κ3) is 3.27. The summed E-state index contributed by atoms with van der Waals surface area (Å²) in [7, 11) is -3.82. The molecule has 0 amide bonds. The molecule has 20 heavy (non-hydrogen) atoms. The molecule has 4 nitrogen and oxygen atoms in total. The van der Waals surface area contributed by atoms with E-state index in [4.69, 9.17) is 17.3 Å². The van der Waals surface area contributed by atoms with Crippen LogP contribution in [-0.2, 0) is 16.6 Å². The Labute approximate surface area is 121 Å². The number of nitrogens with one attached hydrogen (secondary N) is 1. The first kappa shape index (κ1) is 14.8. The summed E-state index contributed by atoms with van der Waals surface area (Å²) in [6.45, 7) is 0.323. The van der Waals surface area contributed by atoms with Crippen LogP contribution in [0.2, 0.25) is 5.02 Å². The van der Waals surface area contributed by atoms with Crippen LogP contribution in [-0.4, -0.2) is 8.42 Å². The molecule has 0 saturated heterocycles. The largest absolute Gasteiger partial charge is 0.326 e. The van der Waals surface area contributed by atoms with E-state index in [2.05, 4.69) is 4.72 Å².